The summed E-state index contributed by atoms with van der Waals surface area (Å²) in [6, 6.07) is 6.22. The van der Waals surface area contributed by atoms with Gasteiger partial charge in [0, 0.05) is 17.9 Å². The Morgan fingerprint density at radius 2 is 2.00 bits per heavy atom. The molecule has 1 aliphatic rings. The Bertz CT molecular complexity index is 610. The summed E-state index contributed by atoms with van der Waals surface area (Å²) in [6.45, 7) is 3.55. The topological polar surface area (TPSA) is 96.5 Å². The number of carbonyl (C=O) groups is 1. The molecule has 0 aliphatic carbocycles. The second kappa shape index (κ2) is 8.28. The van der Waals surface area contributed by atoms with E-state index in [1.165, 1.54) is 0 Å². The zero-order valence-corrected chi connectivity index (χ0v) is 14.0. The highest BCUT2D eigenvalue weighted by Gasteiger charge is 2.21. The first kappa shape index (κ1) is 17.7. The Labute approximate surface area is 136 Å². The molecular weight excluding hydrogens is 318 g/mol. The van der Waals surface area contributed by atoms with Crippen LogP contribution in [0.4, 0.5) is 11.4 Å². The van der Waals surface area contributed by atoms with Gasteiger partial charge in [0.1, 0.15) is 6.04 Å². The highest BCUT2D eigenvalue weighted by Crippen LogP contribution is 2.15. The Balaban J connectivity index is 1.90. The normalized spacial score (nSPS) is 18.4. The van der Waals surface area contributed by atoms with E-state index >= 15 is 0 Å². The highest BCUT2D eigenvalue weighted by molar-refractivity contribution is 7.92. The van der Waals surface area contributed by atoms with Crippen molar-refractivity contribution in [1.82, 2.24) is 5.32 Å². The average molecular weight is 341 g/mol. The lowest BCUT2D eigenvalue weighted by atomic mass is 10.2. The summed E-state index contributed by atoms with van der Waals surface area (Å²) in [7, 11) is -3.31. The quantitative estimate of drug-likeness (QED) is 0.691. The van der Waals surface area contributed by atoms with Gasteiger partial charge in [-0.3, -0.25) is 9.52 Å². The van der Waals surface area contributed by atoms with E-state index < -0.39 is 10.0 Å². The molecular formula is C15H23N3O4S. The van der Waals surface area contributed by atoms with Gasteiger partial charge in [-0.2, -0.15) is 0 Å². The van der Waals surface area contributed by atoms with Crippen molar-refractivity contribution in [3.63, 3.8) is 0 Å². The number of hydrogen-bond donors (Lipinski definition) is 3. The molecule has 2 rings (SSSR count). The van der Waals surface area contributed by atoms with Gasteiger partial charge in [0.15, 0.2) is 0 Å². The SMILES string of the molecule is CCCCS(=O)(=O)Nc1ccc(NC(=O)C2COCCN2)cc1. The molecule has 1 aliphatic heterocycles. The van der Waals surface area contributed by atoms with Crippen molar-refractivity contribution in [1.29, 1.82) is 0 Å². The lowest BCUT2D eigenvalue weighted by Crippen LogP contribution is -2.48. The van der Waals surface area contributed by atoms with Crippen molar-refractivity contribution < 1.29 is 17.9 Å². The van der Waals surface area contributed by atoms with Crippen molar-refractivity contribution in [3.05, 3.63) is 24.3 Å². The molecule has 0 spiro atoms. The molecule has 23 heavy (non-hydrogen) atoms. The van der Waals surface area contributed by atoms with Crippen molar-refractivity contribution in [2.75, 3.05) is 35.6 Å². The van der Waals surface area contributed by atoms with Crippen LogP contribution in [0.25, 0.3) is 0 Å². The fraction of sp³-hybridized carbons (Fsp3) is 0.533. The Morgan fingerprint density at radius 1 is 1.30 bits per heavy atom. The van der Waals surface area contributed by atoms with Gasteiger partial charge in [-0.25, -0.2) is 8.42 Å². The van der Waals surface area contributed by atoms with Crippen LogP contribution in [0.2, 0.25) is 0 Å². The van der Waals surface area contributed by atoms with Crippen LogP contribution in [0, 0.1) is 0 Å². The molecule has 1 fully saturated rings. The van der Waals surface area contributed by atoms with E-state index in [9.17, 15) is 13.2 Å². The van der Waals surface area contributed by atoms with E-state index in [0.29, 0.717) is 37.6 Å². The van der Waals surface area contributed by atoms with Crippen LogP contribution in [-0.2, 0) is 19.6 Å². The van der Waals surface area contributed by atoms with Crippen molar-refractivity contribution in [2.24, 2.45) is 0 Å². The van der Waals surface area contributed by atoms with Crippen LogP contribution in [-0.4, -0.2) is 45.9 Å². The number of sulfonamides is 1. The summed E-state index contributed by atoms with van der Waals surface area (Å²) in [5.74, 6) is -0.0593. The van der Waals surface area contributed by atoms with Gasteiger partial charge in [0.25, 0.3) is 0 Å². The molecule has 0 radical (unpaired) electrons. The first-order valence-electron chi connectivity index (χ1n) is 7.73. The number of unbranched alkanes of at least 4 members (excludes halogenated alkanes) is 1. The van der Waals surface area contributed by atoms with Crippen LogP contribution in [0.1, 0.15) is 19.8 Å². The summed E-state index contributed by atoms with van der Waals surface area (Å²) in [5.41, 5.74) is 1.09. The number of amides is 1. The number of ether oxygens (including phenoxy) is 1. The fourth-order valence-corrected chi connectivity index (χ4v) is 3.42. The maximum Gasteiger partial charge on any atom is 0.243 e. The molecule has 1 unspecified atom stereocenters. The van der Waals surface area contributed by atoms with Crippen LogP contribution in [0.15, 0.2) is 24.3 Å². The third-order valence-corrected chi connectivity index (χ3v) is 4.80. The molecule has 7 nitrogen and oxygen atoms in total. The molecule has 0 bridgehead atoms. The Morgan fingerprint density at radius 3 is 2.61 bits per heavy atom. The number of benzene rings is 1. The maximum atomic E-state index is 12.0. The molecule has 1 atom stereocenters. The van der Waals surface area contributed by atoms with Crippen LogP contribution >= 0.6 is 0 Å². The largest absolute Gasteiger partial charge is 0.378 e. The van der Waals surface area contributed by atoms with Gasteiger partial charge in [-0.1, -0.05) is 13.3 Å². The van der Waals surface area contributed by atoms with Crippen LogP contribution in [0.5, 0.6) is 0 Å². The van der Waals surface area contributed by atoms with Gasteiger partial charge in [-0.15, -0.1) is 0 Å². The second-order valence-corrected chi connectivity index (χ2v) is 7.26. The summed E-state index contributed by atoms with van der Waals surface area (Å²) in [6.07, 6.45) is 1.45. The Kier molecular flexibility index (Phi) is 6.37. The lowest BCUT2D eigenvalue weighted by Gasteiger charge is -2.22. The van der Waals surface area contributed by atoms with Crippen molar-refractivity contribution >= 4 is 27.3 Å². The summed E-state index contributed by atoms with van der Waals surface area (Å²) in [5, 5.41) is 5.85. The van der Waals surface area contributed by atoms with E-state index in [0.717, 1.165) is 6.42 Å². The number of carbonyl (C=O) groups excluding carboxylic acids is 1. The van der Waals surface area contributed by atoms with Gasteiger partial charge < -0.3 is 15.4 Å². The smallest absolute Gasteiger partial charge is 0.243 e. The minimum Gasteiger partial charge on any atom is -0.378 e. The molecule has 1 aromatic carbocycles. The number of morpholine rings is 1. The molecule has 0 aromatic heterocycles. The molecule has 1 heterocycles. The van der Waals surface area contributed by atoms with Crippen LogP contribution in [0.3, 0.4) is 0 Å². The van der Waals surface area contributed by atoms with E-state index in [1.54, 1.807) is 24.3 Å². The highest BCUT2D eigenvalue weighted by atomic mass is 32.2. The van der Waals surface area contributed by atoms with E-state index in [1.807, 2.05) is 6.92 Å². The van der Waals surface area contributed by atoms with Gasteiger partial charge in [-0.05, 0) is 30.7 Å². The summed E-state index contributed by atoms with van der Waals surface area (Å²) < 4.78 is 31.4. The minimum absolute atomic E-state index is 0.106. The molecule has 3 N–H and O–H groups in total. The number of hydrogen-bond acceptors (Lipinski definition) is 5. The molecule has 8 heteroatoms. The Hall–Kier alpha value is -1.64. The van der Waals surface area contributed by atoms with E-state index in [2.05, 4.69) is 15.4 Å². The lowest BCUT2D eigenvalue weighted by molar-refractivity contribution is -0.120. The minimum atomic E-state index is -3.31. The van der Waals surface area contributed by atoms with E-state index in [-0.39, 0.29) is 17.7 Å². The predicted octanol–water partition coefficient (Wildman–Crippen LogP) is 1.16. The molecule has 128 valence electrons. The number of nitrogens with one attached hydrogen (secondary N) is 3. The molecule has 1 saturated heterocycles. The van der Waals surface area contributed by atoms with Gasteiger partial charge in [0.05, 0.1) is 19.0 Å². The monoisotopic (exact) mass is 341 g/mol. The molecule has 1 amide bonds. The van der Waals surface area contributed by atoms with E-state index in [4.69, 9.17) is 4.74 Å². The number of rotatable bonds is 7. The maximum absolute atomic E-state index is 12.0. The standard InChI is InChI=1S/C15H23N3O4S/c1-2-3-10-23(20,21)18-13-6-4-12(5-7-13)17-15(19)14-11-22-9-8-16-14/h4-7,14,16,18H,2-3,8-11H2,1H3,(H,17,19). The summed E-state index contributed by atoms with van der Waals surface area (Å²) in [4.78, 5) is 12.0. The summed E-state index contributed by atoms with van der Waals surface area (Å²) >= 11 is 0. The molecule has 0 saturated carbocycles. The first-order chi connectivity index (χ1) is 11.0. The third-order valence-electron chi connectivity index (χ3n) is 3.43. The zero-order chi connectivity index (χ0) is 16.7. The molecule has 1 aromatic rings. The predicted molar refractivity (Wildman–Crippen MR) is 90.0 cm³/mol. The second-order valence-electron chi connectivity index (χ2n) is 5.42. The van der Waals surface area contributed by atoms with Crippen LogP contribution < -0.4 is 15.4 Å². The van der Waals surface area contributed by atoms with Gasteiger partial charge >= 0.3 is 0 Å². The third kappa shape index (κ3) is 5.81. The average Bonchev–Trinajstić information content (AvgIpc) is 2.55. The van der Waals surface area contributed by atoms with Gasteiger partial charge in [0.2, 0.25) is 15.9 Å². The van der Waals surface area contributed by atoms with Crippen molar-refractivity contribution in [3.8, 4) is 0 Å². The van der Waals surface area contributed by atoms with Crippen molar-refractivity contribution in [2.45, 2.75) is 25.8 Å². The first-order valence-corrected chi connectivity index (χ1v) is 9.38. The zero-order valence-electron chi connectivity index (χ0n) is 13.2. The fourth-order valence-electron chi connectivity index (χ4n) is 2.15. The number of anilines is 2.